The number of amides is 2. The van der Waals surface area contributed by atoms with Crippen molar-refractivity contribution in [2.24, 2.45) is 11.8 Å². The largest absolute Gasteiger partial charge is 0.489 e. The fraction of sp³-hybridized carbons (Fsp3) is 0.630. The first kappa shape index (κ1) is 24.7. The van der Waals surface area contributed by atoms with Crippen molar-refractivity contribution in [1.29, 1.82) is 0 Å². The van der Waals surface area contributed by atoms with Crippen LogP contribution < -0.4 is 4.74 Å². The number of nitrogens with zero attached hydrogens (tertiary/aromatic N) is 4. The first-order chi connectivity index (χ1) is 16.5. The van der Waals surface area contributed by atoms with Gasteiger partial charge < -0.3 is 19.4 Å². The Morgan fingerprint density at radius 2 is 1.88 bits per heavy atom. The van der Waals surface area contributed by atoms with E-state index in [0.29, 0.717) is 32.7 Å². The van der Waals surface area contributed by atoms with E-state index in [-0.39, 0.29) is 23.7 Å². The number of ether oxygens (including phenoxy) is 1. The lowest BCUT2D eigenvalue weighted by molar-refractivity contribution is -0.136. The maximum Gasteiger partial charge on any atom is 0.236 e. The first-order valence-corrected chi connectivity index (χ1v) is 12.9. The first-order valence-electron chi connectivity index (χ1n) is 12.9. The standard InChI is InChI=1S/C27H40N4O3/c1-3-11-29-19-24-7-4-5-9-25(24)34-17-6-8-23-20-31(27(33)21-29)12-10-22(23)18-26(32)30-15-13-28(2)14-16-30/h4-9,22-23H,3,10-21H2,1-2H3/t22-,23-/m0/s1. The van der Waals surface area contributed by atoms with Gasteiger partial charge >= 0.3 is 0 Å². The second-order valence-corrected chi connectivity index (χ2v) is 10.00. The average Bonchev–Trinajstić information content (AvgIpc) is 2.84. The number of carbonyl (C=O) groups is 2. The molecule has 3 aliphatic rings. The van der Waals surface area contributed by atoms with E-state index in [1.807, 2.05) is 28.0 Å². The van der Waals surface area contributed by atoms with Gasteiger partial charge in [0.05, 0.1) is 6.54 Å². The molecule has 0 aromatic heterocycles. The fourth-order valence-corrected chi connectivity index (χ4v) is 5.34. The van der Waals surface area contributed by atoms with Gasteiger partial charge in [-0.15, -0.1) is 0 Å². The molecule has 2 fully saturated rings. The van der Waals surface area contributed by atoms with Gasteiger partial charge in [-0.3, -0.25) is 14.5 Å². The molecule has 3 aliphatic heterocycles. The Balaban J connectivity index is 1.48. The van der Waals surface area contributed by atoms with Crippen molar-refractivity contribution in [2.45, 2.75) is 32.7 Å². The van der Waals surface area contributed by atoms with Gasteiger partial charge in [-0.05, 0) is 44.3 Å². The Morgan fingerprint density at radius 3 is 2.68 bits per heavy atom. The number of benzene rings is 1. The predicted octanol–water partition coefficient (Wildman–Crippen LogP) is 2.48. The third-order valence-electron chi connectivity index (χ3n) is 7.44. The molecule has 0 aliphatic carbocycles. The van der Waals surface area contributed by atoms with Crippen molar-refractivity contribution in [1.82, 2.24) is 19.6 Å². The van der Waals surface area contributed by atoms with Crippen LogP contribution in [0.5, 0.6) is 5.75 Å². The summed E-state index contributed by atoms with van der Waals surface area (Å²) in [5, 5.41) is 0. The third kappa shape index (κ3) is 6.39. The maximum atomic E-state index is 13.3. The molecule has 4 rings (SSSR count). The van der Waals surface area contributed by atoms with Gasteiger partial charge in [-0.2, -0.15) is 0 Å². The number of piperazine rings is 1. The Morgan fingerprint density at radius 1 is 1.09 bits per heavy atom. The molecule has 1 aromatic carbocycles. The van der Waals surface area contributed by atoms with Crippen LogP contribution in [0.25, 0.3) is 0 Å². The van der Waals surface area contributed by atoms with E-state index in [1.54, 1.807) is 0 Å². The molecule has 0 unspecified atom stereocenters. The van der Waals surface area contributed by atoms with Crippen molar-refractivity contribution in [3.8, 4) is 5.75 Å². The topological polar surface area (TPSA) is 56.3 Å². The number of piperidine rings is 1. The summed E-state index contributed by atoms with van der Waals surface area (Å²) in [6.45, 7) is 9.57. The number of rotatable bonds is 4. The van der Waals surface area contributed by atoms with Gasteiger partial charge in [-0.25, -0.2) is 0 Å². The van der Waals surface area contributed by atoms with Gasteiger partial charge in [0.25, 0.3) is 0 Å². The lowest BCUT2D eigenvalue weighted by Gasteiger charge is -2.39. The third-order valence-corrected chi connectivity index (χ3v) is 7.44. The monoisotopic (exact) mass is 468 g/mol. The summed E-state index contributed by atoms with van der Waals surface area (Å²) in [4.78, 5) is 34.9. The highest BCUT2D eigenvalue weighted by Gasteiger charge is 2.33. The highest BCUT2D eigenvalue weighted by molar-refractivity contribution is 5.79. The molecule has 7 nitrogen and oxygen atoms in total. The zero-order valence-corrected chi connectivity index (χ0v) is 20.8. The van der Waals surface area contributed by atoms with Crippen LogP contribution >= 0.6 is 0 Å². The van der Waals surface area contributed by atoms with E-state index in [2.05, 4.69) is 42.0 Å². The Hall–Kier alpha value is -2.38. The number of para-hydroxylation sites is 1. The lowest BCUT2D eigenvalue weighted by Crippen LogP contribution is -2.50. The van der Waals surface area contributed by atoms with Gasteiger partial charge in [0, 0.05) is 57.8 Å². The molecule has 3 heterocycles. The van der Waals surface area contributed by atoms with E-state index in [9.17, 15) is 9.59 Å². The SMILES string of the molecule is CCCN1CC(=O)N2CC[C@@H](CC(=O)N3CCN(C)CC3)[C@@H](C=CCOc3ccccc3C1)C2. The maximum absolute atomic E-state index is 13.3. The van der Waals surface area contributed by atoms with Crippen LogP contribution in [0.3, 0.4) is 0 Å². The molecule has 2 atom stereocenters. The van der Waals surface area contributed by atoms with Crippen LogP contribution in [0.1, 0.15) is 31.7 Å². The smallest absolute Gasteiger partial charge is 0.236 e. The number of fused-ring (bicyclic) bond motifs is 3. The zero-order valence-electron chi connectivity index (χ0n) is 20.8. The lowest BCUT2D eigenvalue weighted by atomic mass is 9.82. The zero-order chi connectivity index (χ0) is 23.9. The van der Waals surface area contributed by atoms with Gasteiger partial charge in [0.15, 0.2) is 0 Å². The normalized spacial score (nSPS) is 25.1. The summed E-state index contributed by atoms with van der Waals surface area (Å²) in [6, 6.07) is 8.12. The van der Waals surface area contributed by atoms with Crippen molar-refractivity contribution < 1.29 is 14.3 Å². The van der Waals surface area contributed by atoms with Crippen LogP contribution in [0, 0.1) is 11.8 Å². The van der Waals surface area contributed by atoms with Crippen LogP contribution in [0.15, 0.2) is 36.4 Å². The van der Waals surface area contributed by atoms with Crippen molar-refractivity contribution in [3.05, 3.63) is 42.0 Å². The molecule has 186 valence electrons. The number of likely N-dealkylation sites (N-methyl/N-ethyl adjacent to an activating group) is 1. The molecule has 0 radical (unpaired) electrons. The van der Waals surface area contributed by atoms with Crippen LogP contribution in [0.2, 0.25) is 0 Å². The summed E-state index contributed by atoms with van der Waals surface area (Å²) in [7, 11) is 2.11. The Bertz CT molecular complexity index is 865. The molecule has 1 aromatic rings. The van der Waals surface area contributed by atoms with Crippen LogP contribution in [-0.4, -0.2) is 97.4 Å². The minimum Gasteiger partial charge on any atom is -0.489 e. The molecule has 2 saturated heterocycles. The molecule has 7 heteroatoms. The molecular weight excluding hydrogens is 428 g/mol. The summed E-state index contributed by atoms with van der Waals surface area (Å²) in [6.07, 6.45) is 6.69. The second-order valence-electron chi connectivity index (χ2n) is 10.00. The summed E-state index contributed by atoms with van der Waals surface area (Å²) >= 11 is 0. The number of hydrogen-bond donors (Lipinski definition) is 0. The highest BCUT2D eigenvalue weighted by atomic mass is 16.5. The van der Waals surface area contributed by atoms with E-state index < -0.39 is 0 Å². The number of hydrogen-bond acceptors (Lipinski definition) is 5. The van der Waals surface area contributed by atoms with E-state index in [4.69, 9.17) is 4.74 Å². The van der Waals surface area contributed by atoms with Gasteiger partial charge in [-0.1, -0.05) is 37.3 Å². The molecule has 34 heavy (non-hydrogen) atoms. The van der Waals surface area contributed by atoms with Crippen LogP contribution in [0.4, 0.5) is 0 Å². The summed E-state index contributed by atoms with van der Waals surface area (Å²) in [5.74, 6) is 1.76. The van der Waals surface area contributed by atoms with E-state index >= 15 is 0 Å². The van der Waals surface area contributed by atoms with Crippen LogP contribution in [-0.2, 0) is 16.1 Å². The van der Waals surface area contributed by atoms with Gasteiger partial charge in [0.2, 0.25) is 11.8 Å². The fourth-order valence-electron chi connectivity index (χ4n) is 5.34. The second kappa shape index (κ2) is 11.8. The van der Waals surface area contributed by atoms with Crippen molar-refractivity contribution in [2.75, 3.05) is 66.0 Å². The van der Waals surface area contributed by atoms with Gasteiger partial charge in [0.1, 0.15) is 12.4 Å². The molecule has 0 saturated carbocycles. The predicted molar refractivity (Wildman–Crippen MR) is 134 cm³/mol. The Labute approximate surface area is 204 Å². The van der Waals surface area contributed by atoms with Crippen molar-refractivity contribution >= 4 is 11.8 Å². The van der Waals surface area contributed by atoms with E-state index in [1.165, 1.54) is 0 Å². The molecule has 0 spiro atoms. The quantitative estimate of drug-likeness (QED) is 0.636. The minimum atomic E-state index is 0.174. The average molecular weight is 469 g/mol. The summed E-state index contributed by atoms with van der Waals surface area (Å²) < 4.78 is 6.12. The molecule has 2 bridgehead atoms. The minimum absolute atomic E-state index is 0.174. The highest BCUT2D eigenvalue weighted by Crippen LogP contribution is 2.29. The van der Waals surface area contributed by atoms with E-state index in [0.717, 1.165) is 63.4 Å². The number of carbonyl (C=O) groups excluding carboxylic acids is 2. The Kier molecular flexibility index (Phi) is 8.62. The summed E-state index contributed by atoms with van der Waals surface area (Å²) in [5.41, 5.74) is 1.12. The van der Waals surface area contributed by atoms with Crippen molar-refractivity contribution in [3.63, 3.8) is 0 Å². The molecule has 2 amide bonds. The molecular formula is C27H40N4O3. The molecule has 0 N–H and O–H groups in total.